The van der Waals surface area contributed by atoms with E-state index in [1.807, 2.05) is 23.1 Å². The summed E-state index contributed by atoms with van der Waals surface area (Å²) in [7, 11) is 1.66. The lowest BCUT2D eigenvalue weighted by molar-refractivity contribution is -0.131. The molecule has 1 aliphatic rings. The first kappa shape index (κ1) is 13.9. The lowest BCUT2D eigenvalue weighted by Crippen LogP contribution is -2.29. The second-order valence-electron chi connectivity index (χ2n) is 4.98. The molecule has 1 amide bonds. The third kappa shape index (κ3) is 3.47. The van der Waals surface area contributed by atoms with Crippen LogP contribution in [0.2, 0.25) is 0 Å². The Balaban J connectivity index is 2.18. The molecule has 4 heteroatoms. The number of nitrogens with zero attached hydrogens (tertiary/aromatic N) is 1. The summed E-state index contributed by atoms with van der Waals surface area (Å²) >= 11 is 0. The summed E-state index contributed by atoms with van der Waals surface area (Å²) in [6.07, 6.45) is 3.90. The Bertz CT molecular complexity index is 446. The number of carbonyl (C=O) groups excluding carboxylic acids is 1. The fourth-order valence-electron chi connectivity index (χ4n) is 2.49. The van der Waals surface area contributed by atoms with Gasteiger partial charge >= 0.3 is 0 Å². The number of amides is 1. The van der Waals surface area contributed by atoms with Gasteiger partial charge in [-0.25, -0.2) is 0 Å². The van der Waals surface area contributed by atoms with Crippen LogP contribution < -0.4 is 10.5 Å². The molecule has 0 aliphatic carbocycles. The number of carbonyl (C=O) groups is 1. The molecule has 0 unspecified atom stereocenters. The molecule has 19 heavy (non-hydrogen) atoms. The summed E-state index contributed by atoms with van der Waals surface area (Å²) in [4.78, 5) is 14.0. The first-order valence-corrected chi connectivity index (χ1v) is 6.88. The van der Waals surface area contributed by atoms with Gasteiger partial charge in [-0.3, -0.25) is 4.79 Å². The Labute approximate surface area is 114 Å². The van der Waals surface area contributed by atoms with Crippen molar-refractivity contribution >= 4 is 5.91 Å². The maximum atomic E-state index is 12.0. The minimum atomic E-state index is 0.248. The number of benzene rings is 1. The molecule has 0 saturated carbocycles. The Morgan fingerprint density at radius 1 is 1.32 bits per heavy atom. The maximum absolute atomic E-state index is 12.0. The van der Waals surface area contributed by atoms with Crippen LogP contribution in [0.1, 0.15) is 36.8 Å². The van der Waals surface area contributed by atoms with Gasteiger partial charge < -0.3 is 15.4 Å². The Morgan fingerprint density at radius 2 is 2.16 bits per heavy atom. The van der Waals surface area contributed by atoms with E-state index < -0.39 is 0 Å². The second kappa shape index (κ2) is 6.57. The minimum Gasteiger partial charge on any atom is -0.496 e. The molecular weight excluding hydrogens is 240 g/mol. The molecule has 4 nitrogen and oxygen atoms in total. The van der Waals surface area contributed by atoms with Crippen molar-refractivity contribution in [2.45, 2.75) is 38.8 Å². The van der Waals surface area contributed by atoms with E-state index >= 15 is 0 Å². The van der Waals surface area contributed by atoms with E-state index in [2.05, 4.69) is 0 Å². The lowest BCUT2D eigenvalue weighted by atomic mass is 10.1. The molecule has 0 spiro atoms. The van der Waals surface area contributed by atoms with Crippen molar-refractivity contribution < 1.29 is 9.53 Å². The zero-order valence-corrected chi connectivity index (χ0v) is 11.5. The predicted molar refractivity (Wildman–Crippen MR) is 74.8 cm³/mol. The van der Waals surface area contributed by atoms with Gasteiger partial charge in [0.15, 0.2) is 0 Å². The van der Waals surface area contributed by atoms with Crippen LogP contribution in [0.4, 0.5) is 0 Å². The van der Waals surface area contributed by atoms with E-state index in [0.717, 1.165) is 42.7 Å². The smallest absolute Gasteiger partial charge is 0.222 e. The normalized spacial score (nSPS) is 16.3. The van der Waals surface area contributed by atoms with Crippen LogP contribution in [0, 0.1) is 0 Å². The van der Waals surface area contributed by atoms with Gasteiger partial charge in [-0.1, -0.05) is 12.5 Å². The summed E-state index contributed by atoms with van der Waals surface area (Å²) in [5.41, 5.74) is 7.78. The zero-order chi connectivity index (χ0) is 13.7. The Kier molecular flexibility index (Phi) is 4.80. The van der Waals surface area contributed by atoms with Crippen molar-refractivity contribution in [2.24, 2.45) is 5.73 Å². The van der Waals surface area contributed by atoms with Crippen LogP contribution in [0.15, 0.2) is 18.2 Å². The molecule has 2 rings (SSSR count). The summed E-state index contributed by atoms with van der Waals surface area (Å²) in [6.45, 7) is 1.97. The van der Waals surface area contributed by atoms with Crippen molar-refractivity contribution in [1.29, 1.82) is 0 Å². The van der Waals surface area contributed by atoms with Crippen molar-refractivity contribution in [3.8, 4) is 5.75 Å². The molecule has 104 valence electrons. The van der Waals surface area contributed by atoms with Gasteiger partial charge in [0, 0.05) is 31.6 Å². The molecule has 0 aromatic heterocycles. The highest BCUT2D eigenvalue weighted by Crippen LogP contribution is 2.23. The van der Waals surface area contributed by atoms with Crippen LogP contribution in [0.5, 0.6) is 5.75 Å². The number of hydrogen-bond donors (Lipinski definition) is 1. The highest BCUT2D eigenvalue weighted by atomic mass is 16.5. The van der Waals surface area contributed by atoms with E-state index in [-0.39, 0.29) is 5.91 Å². The van der Waals surface area contributed by atoms with Gasteiger partial charge in [0.1, 0.15) is 5.75 Å². The third-order valence-electron chi connectivity index (χ3n) is 3.61. The maximum Gasteiger partial charge on any atom is 0.222 e. The molecule has 1 aromatic rings. The summed E-state index contributed by atoms with van der Waals surface area (Å²) in [5, 5.41) is 0. The zero-order valence-electron chi connectivity index (χ0n) is 11.5. The lowest BCUT2D eigenvalue weighted by Gasteiger charge is -2.22. The van der Waals surface area contributed by atoms with Crippen molar-refractivity contribution in [1.82, 2.24) is 4.90 Å². The topological polar surface area (TPSA) is 55.6 Å². The van der Waals surface area contributed by atoms with Crippen molar-refractivity contribution in [3.63, 3.8) is 0 Å². The molecule has 2 N–H and O–H groups in total. The van der Waals surface area contributed by atoms with Gasteiger partial charge in [-0.15, -0.1) is 0 Å². The number of ether oxygens (including phenoxy) is 1. The Morgan fingerprint density at radius 3 is 2.89 bits per heavy atom. The summed E-state index contributed by atoms with van der Waals surface area (Å²) in [6, 6.07) is 5.93. The largest absolute Gasteiger partial charge is 0.496 e. The monoisotopic (exact) mass is 262 g/mol. The first-order valence-electron chi connectivity index (χ1n) is 6.88. The number of rotatable bonds is 4. The van der Waals surface area contributed by atoms with Gasteiger partial charge in [-0.2, -0.15) is 0 Å². The van der Waals surface area contributed by atoms with E-state index in [0.29, 0.717) is 19.5 Å². The van der Waals surface area contributed by atoms with Crippen LogP contribution >= 0.6 is 0 Å². The number of likely N-dealkylation sites (tertiary alicyclic amines) is 1. The highest BCUT2D eigenvalue weighted by Gasteiger charge is 2.18. The predicted octanol–water partition coefficient (Wildman–Crippen LogP) is 2.06. The van der Waals surface area contributed by atoms with E-state index in [9.17, 15) is 4.79 Å². The summed E-state index contributed by atoms with van der Waals surface area (Å²) < 4.78 is 5.37. The van der Waals surface area contributed by atoms with Gasteiger partial charge in [-0.05, 0) is 30.5 Å². The SMILES string of the molecule is COc1ccc(CN)cc1CN1CCCCCC1=O. The van der Waals surface area contributed by atoms with Crippen LogP contribution in [0.25, 0.3) is 0 Å². The highest BCUT2D eigenvalue weighted by molar-refractivity contribution is 5.76. The second-order valence-corrected chi connectivity index (χ2v) is 4.98. The molecule has 0 atom stereocenters. The van der Waals surface area contributed by atoms with Crippen LogP contribution in [-0.4, -0.2) is 24.5 Å². The standard InChI is InChI=1S/C15H22N2O2/c1-19-14-7-6-12(10-16)9-13(14)11-17-8-4-2-3-5-15(17)18/h6-7,9H,2-5,8,10-11,16H2,1H3. The van der Waals surface area contributed by atoms with Crippen molar-refractivity contribution in [3.05, 3.63) is 29.3 Å². The number of nitrogens with two attached hydrogens (primary N) is 1. The average molecular weight is 262 g/mol. The average Bonchev–Trinajstić information content (AvgIpc) is 2.64. The molecule has 0 bridgehead atoms. The van der Waals surface area contributed by atoms with Gasteiger partial charge in [0.25, 0.3) is 0 Å². The number of hydrogen-bond acceptors (Lipinski definition) is 3. The molecule has 1 heterocycles. The molecule has 1 fully saturated rings. The fraction of sp³-hybridized carbons (Fsp3) is 0.533. The van der Waals surface area contributed by atoms with E-state index in [1.165, 1.54) is 0 Å². The molecular formula is C15H22N2O2. The minimum absolute atomic E-state index is 0.248. The van der Waals surface area contributed by atoms with Crippen LogP contribution in [0.3, 0.4) is 0 Å². The quantitative estimate of drug-likeness (QED) is 0.903. The van der Waals surface area contributed by atoms with E-state index in [4.69, 9.17) is 10.5 Å². The van der Waals surface area contributed by atoms with Gasteiger partial charge in [0.2, 0.25) is 5.91 Å². The summed E-state index contributed by atoms with van der Waals surface area (Å²) in [5.74, 6) is 1.08. The Hall–Kier alpha value is -1.55. The molecule has 0 radical (unpaired) electrons. The fourth-order valence-corrected chi connectivity index (χ4v) is 2.49. The molecule has 1 saturated heterocycles. The first-order chi connectivity index (χ1) is 9.24. The molecule has 1 aliphatic heterocycles. The van der Waals surface area contributed by atoms with Gasteiger partial charge in [0.05, 0.1) is 7.11 Å². The van der Waals surface area contributed by atoms with Crippen LogP contribution in [-0.2, 0) is 17.9 Å². The van der Waals surface area contributed by atoms with Crippen molar-refractivity contribution in [2.75, 3.05) is 13.7 Å². The number of methoxy groups -OCH3 is 1. The molecule has 1 aromatic carbocycles. The third-order valence-corrected chi connectivity index (χ3v) is 3.61. The van der Waals surface area contributed by atoms with E-state index in [1.54, 1.807) is 7.11 Å².